The third kappa shape index (κ3) is 5.75. The highest BCUT2D eigenvalue weighted by atomic mass is 35.5. The lowest BCUT2D eigenvalue weighted by Crippen LogP contribution is -2.29. The van der Waals surface area contributed by atoms with Crippen LogP contribution in [0.5, 0.6) is 0 Å². The van der Waals surface area contributed by atoms with Crippen molar-refractivity contribution in [3.63, 3.8) is 0 Å². The molecule has 29 heavy (non-hydrogen) atoms. The van der Waals surface area contributed by atoms with Gasteiger partial charge in [-0.3, -0.25) is 14.2 Å². The van der Waals surface area contributed by atoms with Crippen LogP contribution in [0.15, 0.2) is 35.1 Å². The molecule has 0 saturated heterocycles. The Hall–Kier alpha value is -2.02. The molecule has 7 heteroatoms. The predicted molar refractivity (Wildman–Crippen MR) is 112 cm³/mol. The Morgan fingerprint density at radius 2 is 2.03 bits per heavy atom. The van der Waals surface area contributed by atoms with Crippen molar-refractivity contribution < 1.29 is 14.6 Å². The molecule has 0 unspecified atom stereocenters. The number of hydrogen-bond donors (Lipinski definition) is 1. The van der Waals surface area contributed by atoms with Crippen molar-refractivity contribution in [3.05, 3.63) is 51.5 Å². The van der Waals surface area contributed by atoms with E-state index in [2.05, 4.69) is 4.98 Å². The lowest BCUT2D eigenvalue weighted by molar-refractivity contribution is -0.120. The largest absolute Gasteiger partial charge is 0.396 e. The lowest BCUT2D eigenvalue weighted by atomic mass is 9.99. The summed E-state index contributed by atoms with van der Waals surface area (Å²) in [5.74, 6) is 0.567. The van der Waals surface area contributed by atoms with Crippen molar-refractivity contribution in [3.8, 4) is 11.3 Å². The Morgan fingerprint density at radius 1 is 1.31 bits per heavy atom. The molecule has 0 atom stereocenters. The predicted octanol–water partition coefficient (Wildman–Crippen LogP) is 3.26. The number of nitrogens with zero attached hydrogens (tertiary/aromatic N) is 2. The monoisotopic (exact) mass is 418 g/mol. The van der Waals surface area contributed by atoms with Gasteiger partial charge in [-0.15, -0.1) is 0 Å². The van der Waals surface area contributed by atoms with Crippen LogP contribution in [0.3, 0.4) is 0 Å². The fraction of sp³-hybridized carbons (Fsp3) is 0.500. The maximum absolute atomic E-state index is 12.8. The molecule has 1 aromatic heterocycles. The van der Waals surface area contributed by atoms with Crippen LogP contribution in [-0.2, 0) is 22.5 Å². The normalized spacial score (nSPS) is 14.7. The molecule has 6 nitrogen and oxygen atoms in total. The number of aliphatic hydroxyl groups is 1. The highest BCUT2D eigenvalue weighted by Crippen LogP contribution is 2.49. The molecule has 1 aromatic carbocycles. The molecule has 3 rings (SSSR count). The van der Waals surface area contributed by atoms with Gasteiger partial charge in [-0.1, -0.05) is 23.7 Å². The summed E-state index contributed by atoms with van der Waals surface area (Å²) in [4.78, 5) is 30.0. The Bertz CT molecular complexity index is 904. The number of rotatable bonds is 11. The summed E-state index contributed by atoms with van der Waals surface area (Å²) in [5.41, 5.74) is 1.06. The van der Waals surface area contributed by atoms with Gasteiger partial charge in [-0.2, -0.15) is 0 Å². The van der Waals surface area contributed by atoms with Crippen molar-refractivity contribution in [1.29, 1.82) is 0 Å². The Balaban J connectivity index is 1.81. The molecule has 1 fully saturated rings. The first-order chi connectivity index (χ1) is 14.0. The molecule has 1 N–H and O–H groups in total. The number of hydrogen-bond acceptors (Lipinski definition) is 5. The van der Waals surface area contributed by atoms with E-state index in [4.69, 9.17) is 16.3 Å². The molecule has 1 aliphatic rings. The number of halogens is 1. The molecule has 0 radical (unpaired) electrons. The molecule has 0 bridgehead atoms. The molecule has 1 heterocycles. The van der Waals surface area contributed by atoms with Crippen LogP contribution in [0.25, 0.3) is 11.3 Å². The molecular weight excluding hydrogens is 392 g/mol. The van der Waals surface area contributed by atoms with Gasteiger partial charge in [0.2, 0.25) is 0 Å². The van der Waals surface area contributed by atoms with Crippen LogP contribution in [0, 0.1) is 5.41 Å². The van der Waals surface area contributed by atoms with E-state index in [0.29, 0.717) is 48.8 Å². The summed E-state index contributed by atoms with van der Waals surface area (Å²) in [6.45, 7) is 0.685. The topological polar surface area (TPSA) is 81.4 Å². The Morgan fingerprint density at radius 3 is 2.66 bits per heavy atom. The zero-order valence-corrected chi connectivity index (χ0v) is 17.5. The maximum atomic E-state index is 12.8. The summed E-state index contributed by atoms with van der Waals surface area (Å²) in [6.07, 6.45) is 4.22. The Kier molecular flexibility index (Phi) is 7.22. The van der Waals surface area contributed by atoms with Crippen LogP contribution >= 0.6 is 11.6 Å². The second-order valence-corrected chi connectivity index (χ2v) is 8.22. The number of carbonyl (C=O) groups is 1. The Labute approximate surface area is 175 Å². The summed E-state index contributed by atoms with van der Waals surface area (Å²) in [7, 11) is 1.63. The third-order valence-electron chi connectivity index (χ3n) is 5.54. The zero-order chi connectivity index (χ0) is 20.9. The van der Waals surface area contributed by atoms with Gasteiger partial charge in [-0.05, 0) is 43.2 Å². The quantitative estimate of drug-likeness (QED) is 0.566. The molecule has 1 saturated carbocycles. The minimum absolute atomic E-state index is 0.0105. The van der Waals surface area contributed by atoms with Gasteiger partial charge in [0.15, 0.2) is 5.78 Å². The lowest BCUT2D eigenvalue weighted by Gasteiger charge is -2.15. The van der Waals surface area contributed by atoms with Gasteiger partial charge >= 0.3 is 0 Å². The van der Waals surface area contributed by atoms with Gasteiger partial charge in [0.05, 0.1) is 12.2 Å². The van der Waals surface area contributed by atoms with Crippen LogP contribution < -0.4 is 5.56 Å². The summed E-state index contributed by atoms with van der Waals surface area (Å²) >= 11 is 5.95. The number of aromatic nitrogens is 2. The van der Waals surface area contributed by atoms with Crippen molar-refractivity contribution in [2.45, 2.75) is 45.1 Å². The number of Topliss-reactive ketones (excluding diaryl/α,β-unsaturated/α-hetero) is 1. The van der Waals surface area contributed by atoms with E-state index in [1.54, 1.807) is 19.2 Å². The number of benzene rings is 1. The van der Waals surface area contributed by atoms with Crippen molar-refractivity contribution in [2.24, 2.45) is 5.41 Å². The molecule has 1 aliphatic carbocycles. The van der Waals surface area contributed by atoms with E-state index in [-0.39, 0.29) is 29.9 Å². The molecular formula is C22H27ClN2O4. The summed E-state index contributed by atoms with van der Waals surface area (Å²) in [6, 6.07) is 8.62. The fourth-order valence-electron chi connectivity index (χ4n) is 3.38. The average Bonchev–Trinajstić information content (AvgIpc) is 3.50. The van der Waals surface area contributed by atoms with Gasteiger partial charge < -0.3 is 9.84 Å². The second kappa shape index (κ2) is 9.65. The smallest absolute Gasteiger partial charge is 0.254 e. The molecule has 156 valence electrons. The van der Waals surface area contributed by atoms with Crippen LogP contribution in [0.4, 0.5) is 0 Å². The number of carbonyl (C=O) groups excluding carboxylic acids is 1. The first-order valence-corrected chi connectivity index (χ1v) is 10.3. The number of aryl methyl sites for hydroxylation is 1. The van der Waals surface area contributed by atoms with Crippen molar-refractivity contribution >= 4 is 17.4 Å². The van der Waals surface area contributed by atoms with Crippen LogP contribution in [0.2, 0.25) is 5.02 Å². The van der Waals surface area contributed by atoms with E-state index in [1.165, 1.54) is 10.6 Å². The van der Waals surface area contributed by atoms with E-state index >= 15 is 0 Å². The summed E-state index contributed by atoms with van der Waals surface area (Å²) < 4.78 is 6.59. The highest BCUT2D eigenvalue weighted by molar-refractivity contribution is 6.30. The minimum Gasteiger partial charge on any atom is -0.396 e. The van der Waals surface area contributed by atoms with E-state index in [1.807, 2.05) is 12.1 Å². The van der Waals surface area contributed by atoms with Gasteiger partial charge in [0.25, 0.3) is 5.56 Å². The van der Waals surface area contributed by atoms with E-state index in [0.717, 1.165) is 18.4 Å². The molecule has 0 aliphatic heterocycles. The van der Waals surface area contributed by atoms with Crippen molar-refractivity contribution in [2.75, 3.05) is 20.3 Å². The average molecular weight is 419 g/mol. The highest BCUT2D eigenvalue weighted by Gasteiger charge is 2.41. The SMILES string of the molecule is COCCCc1nc(-c2ccc(Cl)cc2)cc(=O)n1CC(=O)CCC1(CO)CC1. The second-order valence-electron chi connectivity index (χ2n) is 7.78. The first kappa shape index (κ1) is 21.7. The van der Waals surface area contributed by atoms with Gasteiger partial charge in [-0.25, -0.2) is 4.98 Å². The fourth-order valence-corrected chi connectivity index (χ4v) is 3.51. The number of ether oxygens (including phenoxy) is 1. The zero-order valence-electron chi connectivity index (χ0n) is 16.7. The van der Waals surface area contributed by atoms with Gasteiger partial charge in [0, 0.05) is 49.8 Å². The van der Waals surface area contributed by atoms with Gasteiger partial charge in [0.1, 0.15) is 5.82 Å². The van der Waals surface area contributed by atoms with Crippen LogP contribution in [-0.4, -0.2) is 40.8 Å². The van der Waals surface area contributed by atoms with Crippen molar-refractivity contribution in [1.82, 2.24) is 9.55 Å². The first-order valence-electron chi connectivity index (χ1n) is 9.94. The maximum Gasteiger partial charge on any atom is 0.254 e. The van der Waals surface area contributed by atoms with E-state index in [9.17, 15) is 14.7 Å². The molecule has 2 aromatic rings. The number of aliphatic hydroxyl groups excluding tert-OH is 1. The number of ketones is 1. The standard InChI is InChI=1S/C22H27ClN2O4/c1-29-12-2-3-20-24-19(16-4-6-17(23)7-5-16)13-21(28)25(20)14-18(27)8-9-22(15-26)10-11-22/h4-7,13,26H,2-3,8-12,14-15H2,1H3. The third-order valence-corrected chi connectivity index (χ3v) is 5.79. The van der Waals surface area contributed by atoms with E-state index < -0.39 is 0 Å². The molecule has 0 amide bonds. The minimum atomic E-state index is -0.242. The number of methoxy groups -OCH3 is 1. The van der Waals surface area contributed by atoms with Crippen LogP contribution in [0.1, 0.15) is 37.9 Å². The summed E-state index contributed by atoms with van der Waals surface area (Å²) in [5, 5.41) is 10.0. The molecule has 0 spiro atoms.